The molecule has 2 rings (SSSR count). The molecule has 0 radical (unpaired) electrons. The molecule has 39 heavy (non-hydrogen) atoms. The molecule has 2 aromatic rings. The molecule has 0 spiro atoms. The van der Waals surface area contributed by atoms with Crippen LogP contribution in [0.4, 0.5) is 5.69 Å². The van der Waals surface area contributed by atoms with Gasteiger partial charge in [-0.25, -0.2) is 16.8 Å². The molecule has 2 aromatic carbocycles. The minimum absolute atomic E-state index is 0.0479. The van der Waals surface area contributed by atoms with Crippen LogP contribution >= 0.6 is 0 Å². The van der Waals surface area contributed by atoms with Crippen molar-refractivity contribution in [3.05, 3.63) is 53.6 Å². The van der Waals surface area contributed by atoms with E-state index in [0.717, 1.165) is 25.4 Å². The molecule has 0 aliphatic heterocycles. The molecule has 0 fully saturated rings. The van der Waals surface area contributed by atoms with Gasteiger partial charge in [0.25, 0.3) is 11.8 Å². The van der Waals surface area contributed by atoms with Crippen LogP contribution in [0.15, 0.2) is 47.4 Å². The van der Waals surface area contributed by atoms with E-state index in [0.29, 0.717) is 12.4 Å². The van der Waals surface area contributed by atoms with Gasteiger partial charge in [0.2, 0.25) is 0 Å². The van der Waals surface area contributed by atoms with E-state index < -0.39 is 31.5 Å². The van der Waals surface area contributed by atoms with Crippen LogP contribution in [0.5, 0.6) is 5.75 Å². The monoisotopic (exact) mass is 580 g/mol. The summed E-state index contributed by atoms with van der Waals surface area (Å²) in [5.41, 5.74) is 0.320. The summed E-state index contributed by atoms with van der Waals surface area (Å²) in [6, 6.07) is 10.3. The number of ether oxygens (including phenoxy) is 1. The highest BCUT2D eigenvalue weighted by Gasteiger charge is 2.19. The van der Waals surface area contributed by atoms with Crippen molar-refractivity contribution >= 4 is 37.2 Å². The minimum atomic E-state index is -3.72. The van der Waals surface area contributed by atoms with E-state index in [4.69, 9.17) is 4.74 Å². The van der Waals surface area contributed by atoms with E-state index in [2.05, 4.69) is 17.6 Å². The fourth-order valence-electron chi connectivity index (χ4n) is 3.87. The zero-order valence-corrected chi connectivity index (χ0v) is 24.6. The summed E-state index contributed by atoms with van der Waals surface area (Å²) in [5, 5.41) is 5.05. The van der Waals surface area contributed by atoms with Gasteiger partial charge in [-0.1, -0.05) is 51.9 Å². The van der Waals surface area contributed by atoms with E-state index in [-0.39, 0.29) is 34.0 Å². The Bertz CT molecular complexity index is 1310. The Hall–Kier alpha value is -2.92. The van der Waals surface area contributed by atoms with Crippen LogP contribution in [0.2, 0.25) is 0 Å². The Labute approximate surface area is 232 Å². The highest BCUT2D eigenvalue weighted by Crippen LogP contribution is 2.24. The Morgan fingerprint density at radius 3 is 1.95 bits per heavy atom. The van der Waals surface area contributed by atoms with E-state index in [1.165, 1.54) is 56.7 Å². The van der Waals surface area contributed by atoms with Crippen molar-refractivity contribution in [2.24, 2.45) is 0 Å². The summed E-state index contributed by atoms with van der Waals surface area (Å²) in [6.07, 6.45) is 11.7. The molecule has 0 aliphatic rings. The molecule has 2 N–H and O–H groups in total. The van der Waals surface area contributed by atoms with Crippen molar-refractivity contribution in [3.63, 3.8) is 0 Å². The molecule has 11 heteroatoms. The molecule has 0 bridgehead atoms. The number of benzene rings is 2. The van der Waals surface area contributed by atoms with Gasteiger partial charge in [0, 0.05) is 30.2 Å². The zero-order valence-electron chi connectivity index (χ0n) is 23.0. The number of anilines is 1. The lowest BCUT2D eigenvalue weighted by molar-refractivity contribution is 0.0954. The average molecular weight is 581 g/mol. The molecule has 0 atom stereocenters. The SMILES string of the molecule is CCCCCCCCCCOc1ccc(C(=O)Nc2cc(C(=O)NCCS(C)(=O)=O)ccc2S(C)(=O)=O)cc1. The maximum absolute atomic E-state index is 12.9. The number of carbonyl (C=O) groups is 2. The predicted octanol–water partition coefficient (Wildman–Crippen LogP) is 4.64. The Balaban J connectivity index is 1.97. The number of hydrogen-bond acceptors (Lipinski definition) is 7. The third-order valence-corrected chi connectivity index (χ3v) is 8.13. The molecule has 9 nitrogen and oxygen atoms in total. The zero-order chi connectivity index (χ0) is 28.9. The molecule has 0 heterocycles. The van der Waals surface area contributed by atoms with E-state index in [9.17, 15) is 26.4 Å². The molecule has 216 valence electrons. The Morgan fingerprint density at radius 2 is 1.36 bits per heavy atom. The van der Waals surface area contributed by atoms with Crippen LogP contribution in [-0.2, 0) is 19.7 Å². The maximum atomic E-state index is 12.9. The Morgan fingerprint density at radius 1 is 0.769 bits per heavy atom. The number of hydrogen-bond donors (Lipinski definition) is 2. The second-order valence-electron chi connectivity index (χ2n) is 9.67. The van der Waals surface area contributed by atoms with Gasteiger partial charge in [-0.15, -0.1) is 0 Å². The molecule has 0 saturated heterocycles. The number of sulfone groups is 2. The topological polar surface area (TPSA) is 136 Å². The molecule has 2 amide bonds. The van der Waals surface area contributed by atoms with E-state index in [1.807, 2.05) is 0 Å². The van der Waals surface area contributed by atoms with E-state index in [1.54, 1.807) is 24.3 Å². The third-order valence-electron chi connectivity index (χ3n) is 6.03. The fourth-order valence-corrected chi connectivity index (χ4v) is 5.16. The van der Waals surface area contributed by atoms with Gasteiger partial charge in [0.05, 0.1) is 22.9 Å². The number of carbonyl (C=O) groups excluding carboxylic acids is 2. The summed E-state index contributed by atoms with van der Waals surface area (Å²) < 4.78 is 52.9. The van der Waals surface area contributed by atoms with E-state index >= 15 is 0 Å². The summed E-state index contributed by atoms with van der Waals surface area (Å²) in [5.74, 6) is -0.738. The summed E-state index contributed by atoms with van der Waals surface area (Å²) in [6.45, 7) is 2.71. The summed E-state index contributed by atoms with van der Waals surface area (Å²) >= 11 is 0. The van der Waals surface area contributed by atoms with Crippen LogP contribution in [0.1, 0.15) is 79.0 Å². The summed E-state index contributed by atoms with van der Waals surface area (Å²) in [4.78, 5) is 25.2. The van der Waals surface area contributed by atoms with Gasteiger partial charge in [-0.05, 0) is 48.9 Å². The van der Waals surface area contributed by atoms with Crippen LogP contribution < -0.4 is 15.4 Å². The van der Waals surface area contributed by atoms with Crippen LogP contribution in [0.3, 0.4) is 0 Å². The number of nitrogens with one attached hydrogen (secondary N) is 2. The van der Waals surface area contributed by atoms with Crippen LogP contribution in [-0.4, -0.2) is 60.1 Å². The Kier molecular flexibility index (Phi) is 12.9. The number of rotatable bonds is 17. The van der Waals surface area contributed by atoms with Crippen molar-refractivity contribution in [2.75, 3.05) is 36.7 Å². The first-order valence-corrected chi connectivity index (χ1v) is 17.2. The lowest BCUT2D eigenvalue weighted by Gasteiger charge is -2.13. The third kappa shape index (κ3) is 12.2. The highest BCUT2D eigenvalue weighted by atomic mass is 32.2. The molecule has 0 aromatic heterocycles. The van der Waals surface area contributed by atoms with Crippen molar-refractivity contribution in [2.45, 2.75) is 63.2 Å². The van der Waals surface area contributed by atoms with Gasteiger partial charge in [-0.3, -0.25) is 9.59 Å². The maximum Gasteiger partial charge on any atom is 0.255 e. The number of unbranched alkanes of at least 4 members (excludes halogenated alkanes) is 7. The molecule has 0 unspecified atom stereocenters. The molecule has 0 aliphatic carbocycles. The molecular weight excluding hydrogens is 540 g/mol. The van der Waals surface area contributed by atoms with Gasteiger partial charge >= 0.3 is 0 Å². The first-order chi connectivity index (χ1) is 18.4. The lowest BCUT2D eigenvalue weighted by Crippen LogP contribution is -2.29. The quantitative estimate of drug-likeness (QED) is 0.260. The lowest BCUT2D eigenvalue weighted by atomic mass is 10.1. The van der Waals surface area contributed by atoms with Crippen molar-refractivity contribution in [3.8, 4) is 5.75 Å². The van der Waals surface area contributed by atoms with Gasteiger partial charge in [-0.2, -0.15) is 0 Å². The largest absolute Gasteiger partial charge is 0.494 e. The molecule has 0 saturated carbocycles. The normalized spacial score (nSPS) is 11.7. The first-order valence-electron chi connectivity index (χ1n) is 13.2. The highest BCUT2D eigenvalue weighted by molar-refractivity contribution is 7.91. The standard InChI is InChI=1S/C28H40N2O7S2/c1-4-5-6-7-8-9-10-11-19-37-24-15-12-22(13-16-24)28(32)30-25-21-23(14-17-26(25)39(3,35)36)27(31)29-18-20-38(2,33)34/h12-17,21H,4-11,18-20H2,1-3H3,(H,29,31)(H,30,32). The predicted molar refractivity (Wildman–Crippen MR) is 154 cm³/mol. The molecular formula is C28H40N2O7S2. The smallest absolute Gasteiger partial charge is 0.255 e. The second-order valence-corrected chi connectivity index (χ2v) is 13.9. The average Bonchev–Trinajstić information content (AvgIpc) is 2.86. The van der Waals surface area contributed by atoms with Crippen LogP contribution in [0.25, 0.3) is 0 Å². The summed E-state index contributed by atoms with van der Waals surface area (Å²) in [7, 11) is -6.97. The van der Waals surface area contributed by atoms with Gasteiger partial charge < -0.3 is 15.4 Å². The van der Waals surface area contributed by atoms with Gasteiger partial charge in [0.15, 0.2) is 9.84 Å². The van der Waals surface area contributed by atoms with Crippen molar-refractivity contribution < 1.29 is 31.2 Å². The fraction of sp³-hybridized carbons (Fsp3) is 0.500. The van der Waals surface area contributed by atoms with Crippen molar-refractivity contribution in [1.29, 1.82) is 0 Å². The minimum Gasteiger partial charge on any atom is -0.494 e. The van der Waals surface area contributed by atoms with Crippen LogP contribution in [0, 0.1) is 0 Å². The first kappa shape index (κ1) is 32.3. The second kappa shape index (κ2) is 15.6. The number of amides is 2. The van der Waals surface area contributed by atoms with Crippen molar-refractivity contribution in [1.82, 2.24) is 5.32 Å². The van der Waals surface area contributed by atoms with Gasteiger partial charge in [0.1, 0.15) is 15.6 Å².